The van der Waals surface area contributed by atoms with Gasteiger partial charge in [0.05, 0.1) is 16.7 Å². The highest BCUT2D eigenvalue weighted by molar-refractivity contribution is 6.98. The van der Waals surface area contributed by atoms with Crippen molar-refractivity contribution in [2.24, 2.45) is 0 Å². The second-order valence-electron chi connectivity index (χ2n) is 10.6. The zero-order valence-electron chi connectivity index (χ0n) is 22.4. The molecule has 5 nitrogen and oxygen atoms in total. The Balaban J connectivity index is 1.27. The van der Waals surface area contributed by atoms with Crippen molar-refractivity contribution in [1.82, 2.24) is 14.5 Å². The normalized spacial score (nSPS) is 12.6. The van der Waals surface area contributed by atoms with E-state index in [-0.39, 0.29) is 6.71 Å². The molecule has 0 spiro atoms. The SMILES string of the molecule is c1ccc(-n2c(-c3ccc4c(c3)B3c5cc(-c6ccccn6)ccc5Oc5cccc(c53)O4)nc3ccccc32)cc1. The Morgan fingerprint density at radius 1 is 0.571 bits per heavy atom. The van der Waals surface area contributed by atoms with Gasteiger partial charge in [0.1, 0.15) is 28.8 Å². The molecular weight excluding hydrogens is 517 g/mol. The number of rotatable bonds is 3. The third-order valence-electron chi connectivity index (χ3n) is 8.19. The van der Waals surface area contributed by atoms with Crippen molar-refractivity contribution in [1.29, 1.82) is 0 Å². The van der Waals surface area contributed by atoms with E-state index in [1.54, 1.807) is 0 Å². The number of fused-ring (bicyclic) bond motifs is 5. The van der Waals surface area contributed by atoms with E-state index in [0.29, 0.717) is 0 Å². The second-order valence-corrected chi connectivity index (χ2v) is 10.6. The van der Waals surface area contributed by atoms with Crippen molar-refractivity contribution >= 4 is 34.1 Å². The van der Waals surface area contributed by atoms with E-state index in [9.17, 15) is 0 Å². The molecule has 0 amide bonds. The topological polar surface area (TPSA) is 49.2 Å². The number of hydrogen-bond donors (Lipinski definition) is 0. The molecule has 0 saturated carbocycles. The molecule has 9 rings (SSSR count). The Hall–Kier alpha value is -5.62. The van der Waals surface area contributed by atoms with Gasteiger partial charge in [0, 0.05) is 22.9 Å². The zero-order chi connectivity index (χ0) is 27.6. The summed E-state index contributed by atoms with van der Waals surface area (Å²) >= 11 is 0. The van der Waals surface area contributed by atoms with Crippen LogP contribution in [0.4, 0.5) is 0 Å². The molecule has 2 aliphatic heterocycles. The third kappa shape index (κ3) is 3.45. The average Bonchev–Trinajstić information content (AvgIpc) is 3.45. The molecule has 7 aromatic rings. The molecule has 0 fully saturated rings. The first-order valence-electron chi connectivity index (χ1n) is 14.0. The van der Waals surface area contributed by atoms with Gasteiger partial charge in [-0.15, -0.1) is 0 Å². The third-order valence-corrected chi connectivity index (χ3v) is 8.19. The second kappa shape index (κ2) is 8.95. The summed E-state index contributed by atoms with van der Waals surface area (Å²) in [6, 6.07) is 43.5. The summed E-state index contributed by atoms with van der Waals surface area (Å²) in [5.41, 5.74) is 9.31. The van der Waals surface area contributed by atoms with Gasteiger partial charge < -0.3 is 9.47 Å². The Morgan fingerprint density at radius 3 is 2.02 bits per heavy atom. The lowest BCUT2D eigenvalue weighted by Crippen LogP contribution is -2.57. The van der Waals surface area contributed by atoms with Crippen LogP contribution in [0.1, 0.15) is 0 Å². The molecule has 2 aromatic heterocycles. The summed E-state index contributed by atoms with van der Waals surface area (Å²) in [5.74, 6) is 4.22. The van der Waals surface area contributed by atoms with Gasteiger partial charge in [0.15, 0.2) is 0 Å². The van der Waals surface area contributed by atoms with E-state index >= 15 is 0 Å². The molecule has 0 bridgehead atoms. The lowest BCUT2D eigenvalue weighted by atomic mass is 9.34. The Kier molecular flexibility index (Phi) is 4.93. The first kappa shape index (κ1) is 23.1. The maximum absolute atomic E-state index is 6.50. The van der Waals surface area contributed by atoms with Crippen LogP contribution < -0.4 is 25.9 Å². The molecule has 0 saturated heterocycles. The van der Waals surface area contributed by atoms with Crippen molar-refractivity contribution in [2.45, 2.75) is 0 Å². The number of para-hydroxylation sites is 3. The molecule has 0 N–H and O–H groups in total. The van der Waals surface area contributed by atoms with Crippen molar-refractivity contribution in [3.05, 3.63) is 134 Å². The van der Waals surface area contributed by atoms with Crippen molar-refractivity contribution < 1.29 is 9.47 Å². The Bertz CT molecular complexity index is 2140. The fourth-order valence-corrected chi connectivity index (χ4v) is 6.33. The molecule has 0 unspecified atom stereocenters. The van der Waals surface area contributed by atoms with E-state index < -0.39 is 0 Å². The van der Waals surface area contributed by atoms with Crippen molar-refractivity contribution in [2.75, 3.05) is 0 Å². The first-order valence-corrected chi connectivity index (χ1v) is 14.0. The van der Waals surface area contributed by atoms with Gasteiger partial charge in [0.25, 0.3) is 6.71 Å². The van der Waals surface area contributed by atoms with E-state index in [0.717, 1.165) is 78.8 Å². The summed E-state index contributed by atoms with van der Waals surface area (Å²) in [4.78, 5) is 9.73. The van der Waals surface area contributed by atoms with Crippen molar-refractivity contribution in [3.8, 4) is 51.3 Å². The van der Waals surface area contributed by atoms with Crippen LogP contribution in [0.15, 0.2) is 134 Å². The standard InChI is InChI=1S/C36H22BN3O2/c1-2-9-25(10-3-1)40-30-13-5-4-12-29(30)39-36(40)24-17-19-32-27(22-24)37-26-21-23(28-11-6-7-20-38-28)16-18-31(26)41-33-14-8-15-34(42-32)35(33)37/h1-22H. The zero-order valence-corrected chi connectivity index (χ0v) is 22.4. The molecular formula is C36H22BN3O2. The summed E-state index contributed by atoms with van der Waals surface area (Å²) in [6.07, 6.45) is 1.83. The van der Waals surface area contributed by atoms with Crippen LogP contribution in [0.2, 0.25) is 0 Å². The maximum atomic E-state index is 6.50. The predicted octanol–water partition coefficient (Wildman–Crippen LogP) is 6.48. The Morgan fingerprint density at radius 2 is 1.26 bits per heavy atom. The molecule has 0 radical (unpaired) electrons. The fraction of sp³-hybridized carbons (Fsp3) is 0. The molecule has 2 aliphatic rings. The highest BCUT2D eigenvalue weighted by Crippen LogP contribution is 2.37. The fourth-order valence-electron chi connectivity index (χ4n) is 6.33. The van der Waals surface area contributed by atoms with E-state index in [2.05, 4.69) is 88.4 Å². The first-order chi connectivity index (χ1) is 20.8. The number of ether oxygens (including phenoxy) is 2. The summed E-state index contributed by atoms with van der Waals surface area (Å²) in [7, 11) is 0. The summed E-state index contributed by atoms with van der Waals surface area (Å²) < 4.78 is 15.2. The molecule has 5 aromatic carbocycles. The van der Waals surface area contributed by atoms with E-state index in [1.807, 2.05) is 54.7 Å². The number of hydrogen-bond acceptors (Lipinski definition) is 4. The predicted molar refractivity (Wildman–Crippen MR) is 167 cm³/mol. The van der Waals surface area contributed by atoms with Gasteiger partial charge in [-0.1, -0.05) is 54.6 Å². The van der Waals surface area contributed by atoms with Crippen LogP contribution in [0, 0.1) is 0 Å². The quantitative estimate of drug-likeness (QED) is 0.241. The van der Waals surface area contributed by atoms with Gasteiger partial charge in [-0.2, -0.15) is 0 Å². The van der Waals surface area contributed by atoms with Crippen LogP contribution in [-0.2, 0) is 0 Å². The lowest BCUT2D eigenvalue weighted by molar-refractivity contribution is 0.464. The van der Waals surface area contributed by atoms with Crippen LogP contribution >= 0.6 is 0 Å². The van der Waals surface area contributed by atoms with E-state index in [4.69, 9.17) is 14.5 Å². The van der Waals surface area contributed by atoms with Gasteiger partial charge in [-0.3, -0.25) is 9.55 Å². The number of pyridine rings is 1. The van der Waals surface area contributed by atoms with Crippen LogP contribution in [0.3, 0.4) is 0 Å². The maximum Gasteiger partial charge on any atom is 0.260 e. The molecule has 196 valence electrons. The van der Waals surface area contributed by atoms with Gasteiger partial charge >= 0.3 is 0 Å². The molecule has 4 heterocycles. The molecule has 0 atom stereocenters. The van der Waals surface area contributed by atoms with E-state index in [1.165, 1.54) is 0 Å². The molecule has 6 heteroatoms. The highest BCUT2D eigenvalue weighted by atomic mass is 16.5. The smallest absolute Gasteiger partial charge is 0.260 e. The minimum absolute atomic E-state index is 0.0677. The minimum Gasteiger partial charge on any atom is -0.458 e. The summed E-state index contributed by atoms with van der Waals surface area (Å²) in [5, 5.41) is 0. The molecule has 42 heavy (non-hydrogen) atoms. The number of nitrogens with zero attached hydrogens (tertiary/aromatic N) is 3. The number of imidazole rings is 1. The average molecular weight is 539 g/mol. The van der Waals surface area contributed by atoms with Crippen molar-refractivity contribution in [3.63, 3.8) is 0 Å². The van der Waals surface area contributed by atoms with Crippen LogP contribution in [-0.4, -0.2) is 21.2 Å². The minimum atomic E-state index is -0.0677. The number of benzene rings is 5. The molecule has 0 aliphatic carbocycles. The van der Waals surface area contributed by atoms with Crippen LogP contribution in [0.25, 0.3) is 39.4 Å². The number of aromatic nitrogens is 3. The largest absolute Gasteiger partial charge is 0.458 e. The van der Waals surface area contributed by atoms with Gasteiger partial charge in [-0.05, 0) is 89.3 Å². The highest BCUT2D eigenvalue weighted by Gasteiger charge is 2.40. The monoisotopic (exact) mass is 539 g/mol. The van der Waals surface area contributed by atoms with Crippen LogP contribution in [0.5, 0.6) is 23.0 Å². The summed E-state index contributed by atoms with van der Waals surface area (Å²) in [6.45, 7) is -0.0677. The van der Waals surface area contributed by atoms with Gasteiger partial charge in [0.2, 0.25) is 0 Å². The lowest BCUT2D eigenvalue weighted by Gasteiger charge is -2.33. The Labute approximate surface area is 242 Å². The van der Waals surface area contributed by atoms with Gasteiger partial charge in [-0.25, -0.2) is 4.98 Å².